The molecule has 1 fully saturated rings. The van der Waals surface area contributed by atoms with Gasteiger partial charge in [0, 0.05) is 33.4 Å². The molecule has 23 heavy (non-hydrogen) atoms. The van der Waals surface area contributed by atoms with Crippen LogP contribution in [0.4, 0.5) is 0 Å². The summed E-state index contributed by atoms with van der Waals surface area (Å²) in [4.78, 5) is 13.6. The smallest absolute Gasteiger partial charge is 0.269 e. The largest absolute Gasteiger partial charge is 0.345 e. The summed E-state index contributed by atoms with van der Waals surface area (Å²) in [6.07, 6.45) is 5.31. The van der Waals surface area contributed by atoms with Crippen molar-refractivity contribution in [3.63, 3.8) is 0 Å². The molecule has 0 aromatic carbocycles. The molecule has 1 amide bonds. The first-order valence-electron chi connectivity index (χ1n) is 7.86. The molecule has 1 aliphatic carbocycles. The van der Waals surface area contributed by atoms with Gasteiger partial charge in [-0.15, -0.1) is 0 Å². The maximum atomic E-state index is 12.6. The third-order valence-electron chi connectivity index (χ3n) is 4.43. The highest BCUT2D eigenvalue weighted by molar-refractivity contribution is 7.89. The number of hydrogen-bond donors (Lipinski definition) is 2. The van der Waals surface area contributed by atoms with E-state index < -0.39 is 10.0 Å². The van der Waals surface area contributed by atoms with Crippen LogP contribution in [0.15, 0.2) is 17.2 Å². The monoisotopic (exact) mass is 342 g/mol. The highest BCUT2D eigenvalue weighted by Gasteiger charge is 2.30. The molecule has 3 N–H and O–H groups in total. The minimum Gasteiger partial charge on any atom is -0.345 e. The van der Waals surface area contributed by atoms with Crippen LogP contribution in [0.3, 0.4) is 0 Å². The zero-order valence-corrected chi connectivity index (χ0v) is 14.8. The quantitative estimate of drug-likeness (QED) is 0.815. The summed E-state index contributed by atoms with van der Waals surface area (Å²) >= 11 is 0. The number of amides is 1. The molecule has 1 aromatic heterocycles. The zero-order valence-electron chi connectivity index (χ0n) is 13.9. The van der Waals surface area contributed by atoms with Gasteiger partial charge in [-0.25, -0.2) is 13.1 Å². The second-order valence-electron chi connectivity index (χ2n) is 6.38. The Morgan fingerprint density at radius 3 is 2.65 bits per heavy atom. The van der Waals surface area contributed by atoms with E-state index in [-0.39, 0.29) is 22.8 Å². The molecule has 2 unspecified atom stereocenters. The van der Waals surface area contributed by atoms with E-state index in [9.17, 15) is 13.2 Å². The molecule has 0 saturated heterocycles. The molecule has 2 rings (SSSR count). The summed E-state index contributed by atoms with van der Waals surface area (Å²) in [5.74, 6) is -0.0587. The van der Waals surface area contributed by atoms with E-state index in [2.05, 4.69) is 4.72 Å². The van der Waals surface area contributed by atoms with Crippen molar-refractivity contribution in [2.45, 2.75) is 36.6 Å². The molecule has 1 heterocycles. The van der Waals surface area contributed by atoms with Gasteiger partial charge < -0.3 is 15.2 Å². The Morgan fingerprint density at radius 2 is 2.04 bits per heavy atom. The molecule has 0 radical (unpaired) electrons. The molecule has 0 aliphatic heterocycles. The van der Waals surface area contributed by atoms with Crippen molar-refractivity contribution in [2.75, 3.05) is 20.6 Å². The Hall–Kier alpha value is -1.38. The van der Waals surface area contributed by atoms with Crippen molar-refractivity contribution in [3.8, 4) is 0 Å². The first kappa shape index (κ1) is 18.0. The molecule has 0 spiro atoms. The number of nitrogens with zero attached hydrogens (tertiary/aromatic N) is 2. The van der Waals surface area contributed by atoms with Crippen LogP contribution in [0.2, 0.25) is 0 Å². The van der Waals surface area contributed by atoms with Crippen LogP contribution in [-0.2, 0) is 17.1 Å². The number of carbonyl (C=O) groups excluding carboxylic acids is 1. The van der Waals surface area contributed by atoms with Crippen LogP contribution in [0.25, 0.3) is 0 Å². The van der Waals surface area contributed by atoms with E-state index in [0.717, 1.165) is 25.7 Å². The molecule has 1 saturated carbocycles. The Balaban J connectivity index is 2.23. The first-order chi connectivity index (χ1) is 10.8. The fourth-order valence-electron chi connectivity index (χ4n) is 3.04. The molecule has 130 valence electrons. The van der Waals surface area contributed by atoms with E-state index in [1.54, 1.807) is 21.1 Å². The minimum absolute atomic E-state index is 0.117. The van der Waals surface area contributed by atoms with Crippen LogP contribution in [-0.4, -0.2) is 50.5 Å². The SMILES string of the molecule is CN(C)C(=O)c1cc(S(=O)(=O)NC2CCCCC2CN)cn1C. The normalized spacial score (nSPS) is 22.1. The number of rotatable bonds is 5. The van der Waals surface area contributed by atoms with E-state index in [4.69, 9.17) is 5.73 Å². The van der Waals surface area contributed by atoms with Gasteiger partial charge in [0.1, 0.15) is 10.6 Å². The average Bonchev–Trinajstić information content (AvgIpc) is 2.89. The summed E-state index contributed by atoms with van der Waals surface area (Å²) < 4.78 is 29.6. The number of nitrogens with one attached hydrogen (secondary N) is 1. The molecule has 0 bridgehead atoms. The molecule has 2 atom stereocenters. The Labute approximate surface area is 137 Å². The summed E-state index contributed by atoms with van der Waals surface area (Å²) in [7, 11) is 1.27. The highest BCUT2D eigenvalue weighted by atomic mass is 32.2. The van der Waals surface area contributed by atoms with Crippen molar-refractivity contribution in [1.29, 1.82) is 0 Å². The van der Waals surface area contributed by atoms with E-state index in [0.29, 0.717) is 12.2 Å². The second-order valence-corrected chi connectivity index (χ2v) is 8.09. The van der Waals surface area contributed by atoms with Gasteiger partial charge in [-0.3, -0.25) is 4.79 Å². The predicted molar refractivity (Wildman–Crippen MR) is 88.6 cm³/mol. The van der Waals surface area contributed by atoms with E-state index in [1.165, 1.54) is 21.7 Å². The fraction of sp³-hybridized carbons (Fsp3) is 0.667. The summed E-state index contributed by atoms with van der Waals surface area (Å²) in [6, 6.07) is 1.29. The number of aryl methyl sites for hydroxylation is 1. The highest BCUT2D eigenvalue weighted by Crippen LogP contribution is 2.25. The summed E-state index contributed by atoms with van der Waals surface area (Å²) in [5.41, 5.74) is 6.11. The van der Waals surface area contributed by atoms with Gasteiger partial charge in [0.15, 0.2) is 0 Å². The van der Waals surface area contributed by atoms with Crippen LogP contribution in [0.1, 0.15) is 36.2 Å². The molecule has 1 aromatic rings. The van der Waals surface area contributed by atoms with Gasteiger partial charge in [-0.05, 0) is 31.4 Å². The lowest BCUT2D eigenvalue weighted by Crippen LogP contribution is -2.44. The first-order valence-corrected chi connectivity index (χ1v) is 9.35. The van der Waals surface area contributed by atoms with Crippen LogP contribution in [0, 0.1) is 5.92 Å². The zero-order chi connectivity index (χ0) is 17.2. The van der Waals surface area contributed by atoms with Crippen molar-refractivity contribution >= 4 is 15.9 Å². The van der Waals surface area contributed by atoms with Crippen molar-refractivity contribution in [3.05, 3.63) is 18.0 Å². The molecular weight excluding hydrogens is 316 g/mol. The maximum absolute atomic E-state index is 12.6. The topological polar surface area (TPSA) is 97.4 Å². The van der Waals surface area contributed by atoms with Gasteiger partial charge in [0.2, 0.25) is 10.0 Å². The third-order valence-corrected chi connectivity index (χ3v) is 5.89. The fourth-order valence-corrected chi connectivity index (χ4v) is 4.44. The lowest BCUT2D eigenvalue weighted by atomic mass is 9.85. The van der Waals surface area contributed by atoms with Gasteiger partial charge in [0.05, 0.1) is 0 Å². The number of hydrogen-bond acceptors (Lipinski definition) is 4. The van der Waals surface area contributed by atoms with Crippen molar-refractivity contribution < 1.29 is 13.2 Å². The maximum Gasteiger partial charge on any atom is 0.269 e. The Morgan fingerprint density at radius 1 is 1.39 bits per heavy atom. The molecular formula is C15H26N4O3S. The van der Waals surface area contributed by atoms with Crippen molar-refractivity contribution in [1.82, 2.24) is 14.2 Å². The van der Waals surface area contributed by atoms with Crippen LogP contribution < -0.4 is 10.5 Å². The average molecular weight is 342 g/mol. The number of nitrogens with two attached hydrogens (primary N) is 1. The third kappa shape index (κ3) is 3.94. The number of sulfonamides is 1. The predicted octanol–water partition coefficient (Wildman–Crippen LogP) is 0.523. The van der Waals surface area contributed by atoms with Gasteiger partial charge in [0.25, 0.3) is 5.91 Å². The van der Waals surface area contributed by atoms with Crippen LogP contribution >= 0.6 is 0 Å². The van der Waals surface area contributed by atoms with Gasteiger partial charge in [-0.1, -0.05) is 12.8 Å². The Kier molecular flexibility index (Phi) is 5.49. The number of aromatic nitrogens is 1. The summed E-state index contributed by atoms with van der Waals surface area (Å²) in [6.45, 7) is 0.479. The lowest BCUT2D eigenvalue weighted by molar-refractivity contribution is 0.0818. The Bertz CT molecular complexity index is 666. The minimum atomic E-state index is -3.66. The molecule has 7 nitrogen and oxygen atoms in total. The number of carbonyl (C=O) groups is 1. The van der Waals surface area contributed by atoms with E-state index >= 15 is 0 Å². The molecule has 8 heteroatoms. The standard InChI is InChI=1S/C15H26N4O3S/c1-18(2)15(20)14-8-12(10-19(14)3)23(21,22)17-13-7-5-4-6-11(13)9-16/h8,10-11,13,17H,4-7,9,16H2,1-3H3. The van der Waals surface area contributed by atoms with Gasteiger partial charge in [-0.2, -0.15) is 0 Å². The van der Waals surface area contributed by atoms with Crippen molar-refractivity contribution in [2.24, 2.45) is 18.7 Å². The van der Waals surface area contributed by atoms with E-state index in [1.807, 2.05) is 0 Å². The second kappa shape index (κ2) is 7.02. The lowest BCUT2D eigenvalue weighted by Gasteiger charge is -2.30. The van der Waals surface area contributed by atoms with Crippen LogP contribution in [0.5, 0.6) is 0 Å². The van der Waals surface area contributed by atoms with Gasteiger partial charge >= 0.3 is 0 Å². The molecule has 1 aliphatic rings. The summed E-state index contributed by atoms with van der Waals surface area (Å²) in [5, 5.41) is 0.